The predicted octanol–water partition coefficient (Wildman–Crippen LogP) is 4.32. The van der Waals surface area contributed by atoms with Gasteiger partial charge in [0.2, 0.25) is 0 Å². The van der Waals surface area contributed by atoms with Crippen molar-refractivity contribution >= 4 is 34.2 Å². The molecule has 116 valence electrons. The van der Waals surface area contributed by atoms with E-state index < -0.39 is 11.5 Å². The maximum Gasteiger partial charge on any atom is 0.349 e. The Balaban J connectivity index is 1.99. The Morgan fingerprint density at radius 3 is 2.61 bits per heavy atom. The van der Waals surface area contributed by atoms with Gasteiger partial charge in [0.1, 0.15) is 5.56 Å². The van der Waals surface area contributed by atoms with Gasteiger partial charge in [0.05, 0.1) is 5.02 Å². The van der Waals surface area contributed by atoms with Crippen molar-refractivity contribution in [2.45, 2.75) is 13.8 Å². The lowest BCUT2D eigenvalue weighted by Crippen LogP contribution is -2.20. The first-order valence-electron chi connectivity index (χ1n) is 7.06. The molecule has 23 heavy (non-hydrogen) atoms. The lowest BCUT2D eigenvalue weighted by atomic mass is 10.1. The summed E-state index contributed by atoms with van der Waals surface area (Å²) in [6.07, 6.45) is 0. The van der Waals surface area contributed by atoms with Gasteiger partial charge in [-0.1, -0.05) is 29.8 Å². The largest absolute Gasteiger partial charge is 0.421 e. The van der Waals surface area contributed by atoms with Crippen molar-refractivity contribution in [2.75, 3.05) is 5.32 Å². The van der Waals surface area contributed by atoms with Gasteiger partial charge in [-0.05, 0) is 49.2 Å². The fourth-order valence-corrected chi connectivity index (χ4v) is 2.51. The third-order valence-corrected chi connectivity index (χ3v) is 4.02. The van der Waals surface area contributed by atoms with Crippen LogP contribution in [0.25, 0.3) is 11.0 Å². The molecule has 0 saturated heterocycles. The van der Waals surface area contributed by atoms with Crippen LogP contribution in [-0.4, -0.2) is 5.91 Å². The maximum atomic E-state index is 12.4. The summed E-state index contributed by atoms with van der Waals surface area (Å²) in [5.74, 6) is -0.510. The quantitative estimate of drug-likeness (QED) is 0.713. The van der Waals surface area contributed by atoms with E-state index >= 15 is 0 Å². The first kappa shape index (κ1) is 15.3. The highest BCUT2D eigenvalue weighted by atomic mass is 35.5. The van der Waals surface area contributed by atoms with Crippen LogP contribution in [0.1, 0.15) is 21.5 Å². The molecule has 0 unspecified atom stereocenters. The minimum Gasteiger partial charge on any atom is -0.421 e. The Morgan fingerprint density at radius 1 is 1.09 bits per heavy atom. The molecule has 3 rings (SSSR count). The van der Waals surface area contributed by atoms with Gasteiger partial charge in [0.15, 0.2) is 5.58 Å². The van der Waals surface area contributed by atoms with Gasteiger partial charge in [-0.2, -0.15) is 0 Å². The summed E-state index contributed by atoms with van der Waals surface area (Å²) in [5.41, 5.74) is 2.32. The molecule has 0 aliphatic rings. The molecule has 2 aromatic carbocycles. The average Bonchev–Trinajstić information content (AvgIpc) is 2.51. The molecular formula is C18H14ClNO3. The third kappa shape index (κ3) is 2.98. The van der Waals surface area contributed by atoms with Crippen LogP contribution in [0.2, 0.25) is 5.02 Å². The molecule has 1 amide bonds. The normalized spacial score (nSPS) is 10.7. The van der Waals surface area contributed by atoms with Gasteiger partial charge in [-0.25, -0.2) is 4.79 Å². The van der Waals surface area contributed by atoms with Gasteiger partial charge in [-0.3, -0.25) is 4.79 Å². The first-order chi connectivity index (χ1) is 11.0. The minimum atomic E-state index is -0.716. The van der Waals surface area contributed by atoms with E-state index in [1.54, 1.807) is 24.3 Å². The van der Waals surface area contributed by atoms with E-state index in [0.29, 0.717) is 16.1 Å². The second-order valence-corrected chi connectivity index (χ2v) is 5.77. The second kappa shape index (κ2) is 5.89. The lowest BCUT2D eigenvalue weighted by molar-refractivity contribution is 0.102. The van der Waals surface area contributed by atoms with E-state index in [0.717, 1.165) is 11.1 Å². The molecular weight excluding hydrogens is 314 g/mol. The maximum absolute atomic E-state index is 12.4. The monoisotopic (exact) mass is 327 g/mol. The van der Waals surface area contributed by atoms with Gasteiger partial charge < -0.3 is 9.73 Å². The molecule has 1 N–H and O–H groups in total. The number of hydrogen-bond acceptors (Lipinski definition) is 3. The zero-order valence-electron chi connectivity index (χ0n) is 12.6. The molecule has 0 saturated carbocycles. The molecule has 3 aromatic rings. The van der Waals surface area contributed by atoms with Crippen LogP contribution in [0, 0.1) is 13.8 Å². The number of amides is 1. The Bertz CT molecular complexity index is 976. The van der Waals surface area contributed by atoms with Crippen LogP contribution in [0.4, 0.5) is 5.69 Å². The van der Waals surface area contributed by atoms with Crippen molar-refractivity contribution in [3.63, 3.8) is 0 Å². The summed E-state index contributed by atoms with van der Waals surface area (Å²) in [4.78, 5) is 24.4. The van der Waals surface area contributed by atoms with Crippen LogP contribution >= 0.6 is 11.6 Å². The predicted molar refractivity (Wildman–Crippen MR) is 91.4 cm³/mol. The molecule has 0 radical (unpaired) electrons. The lowest BCUT2D eigenvalue weighted by Gasteiger charge is -2.08. The minimum absolute atomic E-state index is 0.0574. The number of benzene rings is 2. The number of halogens is 1. The Kier molecular flexibility index (Phi) is 3.92. The van der Waals surface area contributed by atoms with E-state index in [4.69, 9.17) is 16.0 Å². The Labute approximate surface area is 137 Å². The molecule has 5 heteroatoms. The second-order valence-electron chi connectivity index (χ2n) is 5.36. The van der Waals surface area contributed by atoms with E-state index in [-0.39, 0.29) is 11.1 Å². The highest BCUT2D eigenvalue weighted by molar-refractivity contribution is 6.34. The zero-order chi connectivity index (χ0) is 16.6. The average molecular weight is 328 g/mol. The molecule has 1 heterocycles. The fraction of sp³-hybridized carbons (Fsp3) is 0.111. The first-order valence-corrected chi connectivity index (χ1v) is 7.44. The van der Waals surface area contributed by atoms with Gasteiger partial charge in [-0.15, -0.1) is 0 Å². The number of rotatable bonds is 2. The zero-order valence-corrected chi connectivity index (χ0v) is 13.4. The van der Waals surface area contributed by atoms with Crippen molar-refractivity contribution in [1.29, 1.82) is 0 Å². The number of carbonyl (C=O) groups excluding carboxylic acids is 1. The van der Waals surface area contributed by atoms with Crippen molar-refractivity contribution < 1.29 is 9.21 Å². The molecule has 0 fully saturated rings. The Morgan fingerprint density at radius 2 is 1.87 bits per heavy atom. The summed E-state index contributed by atoms with van der Waals surface area (Å²) >= 11 is 5.99. The summed E-state index contributed by atoms with van der Waals surface area (Å²) < 4.78 is 5.18. The number of aryl methyl sites for hydroxylation is 2. The van der Waals surface area contributed by atoms with Gasteiger partial charge in [0, 0.05) is 11.1 Å². The molecule has 0 atom stereocenters. The topological polar surface area (TPSA) is 59.3 Å². The smallest absolute Gasteiger partial charge is 0.349 e. The molecule has 0 aliphatic carbocycles. The number of hydrogen-bond donors (Lipinski definition) is 1. The van der Waals surface area contributed by atoms with Crippen LogP contribution in [0.3, 0.4) is 0 Å². The molecule has 1 aromatic heterocycles. The van der Waals surface area contributed by atoms with Crippen molar-refractivity contribution in [2.24, 2.45) is 0 Å². The van der Waals surface area contributed by atoms with Gasteiger partial charge >= 0.3 is 5.63 Å². The van der Waals surface area contributed by atoms with E-state index in [1.807, 2.05) is 26.0 Å². The summed E-state index contributed by atoms with van der Waals surface area (Å²) in [7, 11) is 0. The van der Waals surface area contributed by atoms with E-state index in [9.17, 15) is 9.59 Å². The summed E-state index contributed by atoms with van der Waals surface area (Å²) in [5, 5.41) is 3.65. The standard InChI is InChI=1S/C18H14ClNO3/c1-10-6-7-13(8-11(10)2)20-17(21)14-9-12-4-3-5-15(19)16(12)23-18(14)22/h3-9H,1-2H3,(H,20,21). The van der Waals surface area contributed by atoms with Crippen LogP contribution in [-0.2, 0) is 0 Å². The number of para-hydroxylation sites is 1. The highest BCUT2D eigenvalue weighted by Crippen LogP contribution is 2.22. The SMILES string of the molecule is Cc1ccc(NC(=O)c2cc3cccc(Cl)c3oc2=O)cc1C. The number of fused-ring (bicyclic) bond motifs is 1. The summed E-state index contributed by atoms with van der Waals surface area (Å²) in [6, 6.07) is 12.1. The van der Waals surface area contributed by atoms with E-state index in [1.165, 1.54) is 6.07 Å². The summed E-state index contributed by atoms with van der Waals surface area (Å²) in [6.45, 7) is 3.94. The molecule has 0 spiro atoms. The Hall–Kier alpha value is -2.59. The molecule has 0 bridgehead atoms. The number of nitrogens with one attached hydrogen (secondary N) is 1. The van der Waals surface area contributed by atoms with Crippen LogP contribution in [0.5, 0.6) is 0 Å². The molecule has 0 aliphatic heterocycles. The van der Waals surface area contributed by atoms with Crippen molar-refractivity contribution in [1.82, 2.24) is 0 Å². The number of carbonyl (C=O) groups is 1. The fourth-order valence-electron chi connectivity index (χ4n) is 2.28. The highest BCUT2D eigenvalue weighted by Gasteiger charge is 2.15. The number of anilines is 1. The third-order valence-electron chi connectivity index (χ3n) is 3.72. The van der Waals surface area contributed by atoms with Crippen molar-refractivity contribution in [3.8, 4) is 0 Å². The van der Waals surface area contributed by atoms with Crippen LogP contribution in [0.15, 0.2) is 51.7 Å². The van der Waals surface area contributed by atoms with Crippen LogP contribution < -0.4 is 10.9 Å². The van der Waals surface area contributed by atoms with Crippen molar-refractivity contribution in [3.05, 3.63) is 74.6 Å². The van der Waals surface area contributed by atoms with Gasteiger partial charge in [0.25, 0.3) is 5.91 Å². The molecule has 4 nitrogen and oxygen atoms in total. The van der Waals surface area contributed by atoms with E-state index in [2.05, 4.69) is 5.32 Å².